The van der Waals surface area contributed by atoms with Crippen molar-refractivity contribution in [1.29, 1.82) is 0 Å². The summed E-state index contributed by atoms with van der Waals surface area (Å²) in [5.41, 5.74) is 7.64. The van der Waals surface area contributed by atoms with Crippen LogP contribution in [-0.4, -0.2) is 29.2 Å². The zero-order chi connectivity index (χ0) is 25.2. The molecule has 8 heteroatoms. The number of hydrogen-bond acceptors (Lipinski definition) is 6. The molecule has 2 heterocycles. The number of nitrogens with one attached hydrogen (secondary N) is 1. The van der Waals surface area contributed by atoms with E-state index in [2.05, 4.69) is 29.1 Å². The molecule has 1 atom stereocenters. The largest absolute Gasteiger partial charge is 0.396 e. The van der Waals surface area contributed by atoms with Gasteiger partial charge in [0.05, 0.1) is 24.5 Å². The van der Waals surface area contributed by atoms with E-state index in [4.69, 9.17) is 10.5 Å². The molecule has 3 rings (SSSR count). The molecule has 2 aromatic heterocycles. The number of nitrogens with two attached hydrogens (primary N) is 1. The van der Waals surface area contributed by atoms with Crippen LogP contribution in [0.25, 0.3) is 10.4 Å². The number of aliphatic hydroxyl groups excluding tert-OH is 1. The van der Waals surface area contributed by atoms with Crippen LogP contribution in [0.1, 0.15) is 60.6 Å². The molecule has 6 nitrogen and oxygen atoms in total. The van der Waals surface area contributed by atoms with Crippen LogP contribution in [0.4, 0.5) is 15.2 Å². The number of amides is 1. The third kappa shape index (κ3) is 7.36. The van der Waals surface area contributed by atoms with E-state index >= 15 is 0 Å². The van der Waals surface area contributed by atoms with Gasteiger partial charge < -0.3 is 20.9 Å². The van der Waals surface area contributed by atoms with Crippen molar-refractivity contribution in [3.63, 3.8) is 0 Å². The Hall–Kier alpha value is -3.25. The van der Waals surface area contributed by atoms with Crippen molar-refractivity contribution in [3.8, 4) is 22.3 Å². The van der Waals surface area contributed by atoms with Gasteiger partial charge in [-0.1, -0.05) is 32.0 Å². The molecule has 1 amide bonds. The van der Waals surface area contributed by atoms with Crippen LogP contribution >= 0.6 is 11.3 Å². The number of thiophene rings is 1. The normalized spacial score (nSPS) is 11.5. The Labute approximate surface area is 209 Å². The van der Waals surface area contributed by atoms with Crippen LogP contribution in [0.3, 0.4) is 0 Å². The van der Waals surface area contributed by atoms with E-state index in [1.807, 2.05) is 19.1 Å². The molecular weight excluding hydrogens is 465 g/mol. The van der Waals surface area contributed by atoms with Crippen LogP contribution in [0.5, 0.6) is 0 Å². The minimum absolute atomic E-state index is 0.0676. The van der Waals surface area contributed by atoms with Crippen molar-refractivity contribution in [2.45, 2.75) is 45.6 Å². The molecule has 0 saturated carbocycles. The molecule has 0 spiro atoms. The molecule has 0 saturated heterocycles. The molecule has 1 unspecified atom stereocenters. The lowest BCUT2D eigenvalue weighted by Gasteiger charge is -2.10. The number of carbonyl (C=O) groups is 1. The van der Waals surface area contributed by atoms with Gasteiger partial charge in [-0.3, -0.25) is 4.79 Å². The third-order valence-corrected chi connectivity index (χ3v) is 6.35. The van der Waals surface area contributed by atoms with E-state index in [0.29, 0.717) is 46.5 Å². The Bertz CT molecular complexity index is 1220. The van der Waals surface area contributed by atoms with Crippen LogP contribution < -0.4 is 11.1 Å². The summed E-state index contributed by atoms with van der Waals surface area (Å²) in [6.45, 7) is 4.71. The van der Waals surface area contributed by atoms with Crippen LogP contribution in [0.2, 0.25) is 0 Å². The van der Waals surface area contributed by atoms with Crippen LogP contribution in [0.15, 0.2) is 42.5 Å². The molecule has 0 radical (unpaired) electrons. The molecule has 0 bridgehead atoms. The summed E-state index contributed by atoms with van der Waals surface area (Å²) in [4.78, 5) is 17.2. The molecule has 0 aliphatic carbocycles. The maximum absolute atomic E-state index is 14.8. The van der Waals surface area contributed by atoms with Gasteiger partial charge in [0.25, 0.3) is 5.91 Å². The Balaban J connectivity index is 1.74. The van der Waals surface area contributed by atoms with Gasteiger partial charge in [-0.05, 0) is 36.2 Å². The molecule has 0 aliphatic rings. The standard InChI is InChI=1S/C27H30FN3O3S/c1-3-4-5-6-7-13-34-17-20-9-8-10-25(30-20)31-27-22(26(29)33)15-24(35-27)21-12-11-19(14-23(21)28)18(2)16-32/h8-12,14-15,18,32H,3-4,7,13,16-17H2,1-2H3,(H2,29,33)(H,30,31). The number of carbonyl (C=O) groups excluding carboxylic acids is 1. The second-order valence-corrected chi connectivity index (χ2v) is 9.14. The predicted molar refractivity (Wildman–Crippen MR) is 138 cm³/mol. The average molecular weight is 496 g/mol. The first-order valence-electron chi connectivity index (χ1n) is 11.5. The number of halogens is 1. The Morgan fingerprint density at radius 1 is 1.26 bits per heavy atom. The van der Waals surface area contributed by atoms with Gasteiger partial charge in [-0.25, -0.2) is 9.37 Å². The number of unbranched alkanes of at least 4 members (excludes halogenated alkanes) is 1. The number of nitrogens with zero attached hydrogens (tertiary/aromatic N) is 1. The van der Waals surface area contributed by atoms with Crippen molar-refractivity contribution in [3.05, 3.63) is 65.1 Å². The molecule has 35 heavy (non-hydrogen) atoms. The third-order valence-electron chi connectivity index (χ3n) is 5.27. The summed E-state index contributed by atoms with van der Waals surface area (Å²) in [5.74, 6) is 5.47. The number of primary amides is 1. The maximum Gasteiger partial charge on any atom is 0.251 e. The molecule has 0 aliphatic heterocycles. The Kier molecular flexibility index (Phi) is 9.79. The second kappa shape index (κ2) is 13.0. The fourth-order valence-electron chi connectivity index (χ4n) is 3.29. The van der Waals surface area contributed by atoms with Crippen molar-refractivity contribution in [2.24, 2.45) is 5.73 Å². The summed E-state index contributed by atoms with van der Waals surface area (Å²) in [6.07, 6.45) is 2.62. The summed E-state index contributed by atoms with van der Waals surface area (Å²) < 4.78 is 20.5. The second-order valence-electron chi connectivity index (χ2n) is 8.09. The van der Waals surface area contributed by atoms with Gasteiger partial charge in [-0.15, -0.1) is 23.2 Å². The highest BCUT2D eigenvalue weighted by Gasteiger charge is 2.18. The summed E-state index contributed by atoms with van der Waals surface area (Å²) in [6, 6.07) is 11.9. The van der Waals surface area contributed by atoms with Gasteiger partial charge in [-0.2, -0.15) is 0 Å². The van der Waals surface area contributed by atoms with Crippen molar-refractivity contribution in [2.75, 3.05) is 18.5 Å². The SMILES string of the molecule is CCCC#CCCOCc1cccc(Nc2sc(-c3ccc(C(C)CO)cc3F)cc2C(N)=O)n1. The summed E-state index contributed by atoms with van der Waals surface area (Å²) in [7, 11) is 0. The number of pyridine rings is 1. The minimum Gasteiger partial charge on any atom is -0.396 e. The lowest BCUT2D eigenvalue weighted by atomic mass is 9.99. The van der Waals surface area contributed by atoms with Crippen molar-refractivity contribution < 1.29 is 19.0 Å². The fourth-order valence-corrected chi connectivity index (χ4v) is 4.39. The molecule has 4 N–H and O–H groups in total. The van der Waals surface area contributed by atoms with Crippen molar-refractivity contribution >= 4 is 28.1 Å². The smallest absolute Gasteiger partial charge is 0.251 e. The van der Waals surface area contributed by atoms with Gasteiger partial charge in [0, 0.05) is 35.8 Å². The zero-order valence-corrected chi connectivity index (χ0v) is 20.8. The lowest BCUT2D eigenvalue weighted by Crippen LogP contribution is -2.11. The molecule has 0 fully saturated rings. The van der Waals surface area contributed by atoms with E-state index in [9.17, 15) is 14.3 Å². The number of benzene rings is 1. The van der Waals surface area contributed by atoms with E-state index in [-0.39, 0.29) is 18.1 Å². The monoisotopic (exact) mass is 495 g/mol. The van der Waals surface area contributed by atoms with E-state index in [1.54, 1.807) is 24.3 Å². The highest BCUT2D eigenvalue weighted by Crippen LogP contribution is 2.38. The van der Waals surface area contributed by atoms with Crippen LogP contribution in [-0.2, 0) is 11.3 Å². The van der Waals surface area contributed by atoms with Gasteiger partial charge in [0.1, 0.15) is 16.6 Å². The van der Waals surface area contributed by atoms with Gasteiger partial charge >= 0.3 is 0 Å². The number of aromatic nitrogens is 1. The average Bonchev–Trinajstić information content (AvgIpc) is 3.26. The Morgan fingerprint density at radius 2 is 2.06 bits per heavy atom. The molecular formula is C27H30FN3O3S. The highest BCUT2D eigenvalue weighted by atomic mass is 32.1. The van der Waals surface area contributed by atoms with Crippen molar-refractivity contribution in [1.82, 2.24) is 4.98 Å². The number of ether oxygens (including phenoxy) is 1. The molecule has 184 valence electrons. The molecule has 1 aromatic carbocycles. The minimum atomic E-state index is -0.621. The van der Waals surface area contributed by atoms with E-state index in [1.165, 1.54) is 17.4 Å². The zero-order valence-electron chi connectivity index (χ0n) is 19.9. The maximum atomic E-state index is 14.8. The highest BCUT2D eigenvalue weighted by molar-refractivity contribution is 7.19. The quantitative estimate of drug-likeness (QED) is 0.238. The van der Waals surface area contributed by atoms with Crippen LogP contribution in [0, 0.1) is 17.7 Å². The van der Waals surface area contributed by atoms with E-state index in [0.717, 1.165) is 18.5 Å². The predicted octanol–water partition coefficient (Wildman–Crippen LogP) is 5.60. The topological polar surface area (TPSA) is 97.5 Å². The van der Waals surface area contributed by atoms with Gasteiger partial charge in [0.15, 0.2) is 0 Å². The first-order valence-corrected chi connectivity index (χ1v) is 12.3. The number of hydrogen-bond donors (Lipinski definition) is 3. The first-order chi connectivity index (χ1) is 16.9. The number of anilines is 2. The Morgan fingerprint density at radius 3 is 2.77 bits per heavy atom. The van der Waals surface area contributed by atoms with Gasteiger partial charge in [0.2, 0.25) is 0 Å². The summed E-state index contributed by atoms with van der Waals surface area (Å²) in [5, 5.41) is 13.0. The first kappa shape index (κ1) is 26.4. The van der Waals surface area contributed by atoms with E-state index < -0.39 is 11.7 Å². The number of aliphatic hydroxyl groups is 1. The molecule has 3 aromatic rings. The fraction of sp³-hybridized carbons (Fsp3) is 0.333. The summed E-state index contributed by atoms with van der Waals surface area (Å²) >= 11 is 1.22. The lowest BCUT2D eigenvalue weighted by molar-refractivity contribution is 0.100. The number of rotatable bonds is 11.